The maximum absolute atomic E-state index is 12.6. The van der Waals surface area contributed by atoms with E-state index in [1.807, 2.05) is 44.2 Å². The van der Waals surface area contributed by atoms with Crippen LogP contribution < -0.4 is 11.1 Å². The van der Waals surface area contributed by atoms with Crippen molar-refractivity contribution in [2.45, 2.75) is 51.6 Å². The van der Waals surface area contributed by atoms with Gasteiger partial charge in [-0.25, -0.2) is 4.79 Å². The molecule has 0 saturated carbocycles. The highest BCUT2D eigenvalue weighted by Gasteiger charge is 2.32. The van der Waals surface area contributed by atoms with Crippen LogP contribution in [0, 0.1) is 11.8 Å². The van der Waals surface area contributed by atoms with Crippen molar-refractivity contribution in [3.63, 3.8) is 0 Å². The monoisotopic (exact) mass is 389 g/mol. The fourth-order valence-corrected chi connectivity index (χ4v) is 3.41. The van der Waals surface area contributed by atoms with Crippen LogP contribution in [0.1, 0.15) is 38.7 Å². The summed E-state index contributed by atoms with van der Waals surface area (Å²) in [5.41, 5.74) is 6.89. The highest BCUT2D eigenvalue weighted by Crippen LogP contribution is 2.20. The van der Waals surface area contributed by atoms with Crippen LogP contribution in [0.3, 0.4) is 0 Å². The fourth-order valence-electron chi connectivity index (χ4n) is 3.41. The topological polar surface area (TPSA) is 113 Å². The molecular weight excluding hydrogens is 358 g/mol. The van der Waals surface area contributed by atoms with Gasteiger partial charge < -0.3 is 21.1 Å². The number of carboxylic acids is 1. The van der Waals surface area contributed by atoms with Gasteiger partial charge in [0, 0.05) is 25.4 Å². The van der Waals surface area contributed by atoms with Gasteiger partial charge in [0.1, 0.15) is 6.04 Å². The van der Waals surface area contributed by atoms with Gasteiger partial charge >= 0.3 is 5.97 Å². The number of rotatable bonds is 8. The molecule has 0 radical (unpaired) electrons. The first kappa shape index (κ1) is 21.9. The van der Waals surface area contributed by atoms with Gasteiger partial charge in [-0.3, -0.25) is 9.59 Å². The Labute approximate surface area is 166 Å². The predicted molar refractivity (Wildman–Crippen MR) is 106 cm³/mol. The molecule has 0 aliphatic carbocycles. The third-order valence-corrected chi connectivity index (χ3v) is 5.62. The normalized spacial score (nSPS) is 18.2. The van der Waals surface area contributed by atoms with E-state index < -0.39 is 18.1 Å². The molecule has 1 heterocycles. The Hall–Kier alpha value is -2.41. The quantitative estimate of drug-likeness (QED) is 0.622. The number of carboxylic acid groups (broad SMARTS) is 1. The zero-order chi connectivity index (χ0) is 20.7. The Balaban J connectivity index is 1.88. The van der Waals surface area contributed by atoms with Crippen molar-refractivity contribution >= 4 is 17.8 Å². The number of hydrogen-bond donors (Lipinski definition) is 3. The first-order valence-corrected chi connectivity index (χ1v) is 9.95. The first-order valence-electron chi connectivity index (χ1n) is 9.95. The molecule has 2 amide bonds. The van der Waals surface area contributed by atoms with Gasteiger partial charge in [0.2, 0.25) is 11.8 Å². The highest BCUT2D eigenvalue weighted by molar-refractivity contribution is 5.86. The molecule has 0 aromatic heterocycles. The lowest BCUT2D eigenvalue weighted by Gasteiger charge is -2.34. The largest absolute Gasteiger partial charge is 0.480 e. The molecule has 0 bridgehead atoms. The van der Waals surface area contributed by atoms with Crippen molar-refractivity contribution in [2.24, 2.45) is 17.6 Å². The van der Waals surface area contributed by atoms with E-state index in [1.54, 1.807) is 4.90 Å². The van der Waals surface area contributed by atoms with Crippen LogP contribution in [0.2, 0.25) is 0 Å². The standard InChI is InChI=1S/C21H31N3O4/c1-3-14(2)18(22)20(26)24-11-9-16(10-12-24)19(25)23-17(21(27)28)13-15-7-5-4-6-8-15/h4-8,14,16-18H,3,9-13,22H2,1-2H3,(H,23,25)(H,27,28)/t14?,17-,18+/m1/s1. The first-order chi connectivity index (χ1) is 13.3. The highest BCUT2D eigenvalue weighted by atomic mass is 16.4. The number of nitrogens with zero attached hydrogens (tertiary/aromatic N) is 1. The zero-order valence-electron chi connectivity index (χ0n) is 16.6. The smallest absolute Gasteiger partial charge is 0.326 e. The second-order valence-electron chi connectivity index (χ2n) is 7.60. The summed E-state index contributed by atoms with van der Waals surface area (Å²) in [5.74, 6) is -1.56. The number of hydrogen-bond acceptors (Lipinski definition) is 4. The number of benzene rings is 1. The number of likely N-dealkylation sites (tertiary alicyclic amines) is 1. The molecule has 154 valence electrons. The van der Waals surface area contributed by atoms with Crippen molar-refractivity contribution in [1.82, 2.24) is 10.2 Å². The summed E-state index contributed by atoms with van der Waals surface area (Å²) in [4.78, 5) is 38.3. The Bertz CT molecular complexity index is 671. The molecule has 1 aromatic rings. The molecule has 28 heavy (non-hydrogen) atoms. The lowest BCUT2D eigenvalue weighted by atomic mass is 9.93. The summed E-state index contributed by atoms with van der Waals surface area (Å²) < 4.78 is 0. The van der Waals surface area contributed by atoms with E-state index in [1.165, 1.54) is 0 Å². The van der Waals surface area contributed by atoms with Gasteiger partial charge in [0.05, 0.1) is 6.04 Å². The van der Waals surface area contributed by atoms with E-state index in [2.05, 4.69) is 5.32 Å². The summed E-state index contributed by atoms with van der Waals surface area (Å²) >= 11 is 0. The SMILES string of the molecule is CCC(C)[C@H](N)C(=O)N1CCC(C(=O)N[C@H](Cc2ccccc2)C(=O)O)CC1. The van der Waals surface area contributed by atoms with Crippen molar-refractivity contribution in [1.29, 1.82) is 0 Å². The number of aliphatic carboxylic acids is 1. The lowest BCUT2D eigenvalue weighted by Crippen LogP contribution is -2.52. The third-order valence-electron chi connectivity index (χ3n) is 5.62. The Morgan fingerprint density at radius 3 is 2.36 bits per heavy atom. The van der Waals surface area contributed by atoms with E-state index >= 15 is 0 Å². The van der Waals surface area contributed by atoms with Gasteiger partial charge in [-0.1, -0.05) is 50.6 Å². The maximum Gasteiger partial charge on any atom is 0.326 e. The van der Waals surface area contributed by atoms with E-state index in [-0.39, 0.29) is 30.1 Å². The Kier molecular flexibility index (Phi) is 7.99. The van der Waals surface area contributed by atoms with Crippen molar-refractivity contribution < 1.29 is 19.5 Å². The zero-order valence-corrected chi connectivity index (χ0v) is 16.6. The minimum atomic E-state index is -1.05. The molecular formula is C21H31N3O4. The van der Waals surface area contributed by atoms with Crippen molar-refractivity contribution in [2.75, 3.05) is 13.1 Å². The fraction of sp³-hybridized carbons (Fsp3) is 0.571. The molecule has 1 aliphatic heterocycles. The van der Waals surface area contributed by atoms with E-state index in [4.69, 9.17) is 5.73 Å². The minimum Gasteiger partial charge on any atom is -0.480 e. The number of amides is 2. The summed E-state index contributed by atoms with van der Waals surface area (Å²) in [6.07, 6.45) is 2.11. The van der Waals surface area contributed by atoms with Crippen LogP contribution in [-0.4, -0.2) is 53.0 Å². The second kappa shape index (κ2) is 10.2. The molecule has 4 N–H and O–H groups in total. The number of nitrogens with two attached hydrogens (primary N) is 1. The Morgan fingerprint density at radius 2 is 1.82 bits per heavy atom. The lowest BCUT2D eigenvalue weighted by molar-refractivity contribution is -0.143. The summed E-state index contributed by atoms with van der Waals surface area (Å²) in [7, 11) is 0. The molecule has 7 heteroatoms. The third kappa shape index (κ3) is 5.79. The van der Waals surface area contributed by atoms with Crippen molar-refractivity contribution in [3.8, 4) is 0 Å². The van der Waals surface area contributed by atoms with Crippen LogP contribution in [0.25, 0.3) is 0 Å². The van der Waals surface area contributed by atoms with Gasteiger partial charge in [-0.05, 0) is 24.3 Å². The maximum atomic E-state index is 12.6. The number of nitrogens with one attached hydrogen (secondary N) is 1. The van der Waals surface area contributed by atoms with Crippen LogP contribution in [0.5, 0.6) is 0 Å². The molecule has 0 spiro atoms. The molecule has 1 saturated heterocycles. The average Bonchev–Trinajstić information content (AvgIpc) is 2.72. The molecule has 1 aliphatic rings. The van der Waals surface area contributed by atoms with Crippen molar-refractivity contribution in [3.05, 3.63) is 35.9 Å². The van der Waals surface area contributed by atoms with Crippen LogP contribution in [0.4, 0.5) is 0 Å². The van der Waals surface area contributed by atoms with E-state index in [9.17, 15) is 19.5 Å². The molecule has 7 nitrogen and oxygen atoms in total. The summed E-state index contributed by atoms with van der Waals surface area (Å²) in [6.45, 7) is 4.90. The van der Waals surface area contributed by atoms with E-state index in [0.717, 1.165) is 12.0 Å². The second-order valence-corrected chi connectivity index (χ2v) is 7.60. The van der Waals surface area contributed by atoms with Gasteiger partial charge in [0.15, 0.2) is 0 Å². The van der Waals surface area contributed by atoms with Crippen LogP contribution >= 0.6 is 0 Å². The molecule has 2 rings (SSSR count). The van der Waals surface area contributed by atoms with Gasteiger partial charge in [-0.15, -0.1) is 0 Å². The molecule has 1 fully saturated rings. The van der Waals surface area contributed by atoms with Gasteiger partial charge in [-0.2, -0.15) is 0 Å². The average molecular weight is 389 g/mol. The van der Waals surface area contributed by atoms with Crippen LogP contribution in [-0.2, 0) is 20.8 Å². The minimum absolute atomic E-state index is 0.0688. The number of carbonyl (C=O) groups excluding carboxylic acids is 2. The van der Waals surface area contributed by atoms with Gasteiger partial charge in [0.25, 0.3) is 0 Å². The summed E-state index contributed by atoms with van der Waals surface area (Å²) in [5, 5.41) is 12.1. The van der Waals surface area contributed by atoms with E-state index in [0.29, 0.717) is 25.9 Å². The molecule has 3 atom stereocenters. The van der Waals surface area contributed by atoms with Crippen LogP contribution in [0.15, 0.2) is 30.3 Å². The molecule has 1 unspecified atom stereocenters. The molecule has 1 aromatic carbocycles. The Morgan fingerprint density at radius 1 is 1.21 bits per heavy atom. The summed E-state index contributed by atoms with van der Waals surface area (Å²) in [6, 6.07) is 7.74. The number of carbonyl (C=O) groups is 3. The number of piperidine rings is 1. The predicted octanol–water partition coefficient (Wildman–Crippen LogP) is 1.41.